The minimum atomic E-state index is -0.517. The van der Waals surface area contributed by atoms with Crippen LogP contribution >= 0.6 is 0 Å². The SMILES string of the molecule is O=C(NNC(=O)c1ccc(COc2ccccc2)o1)NC1CCCCCC1. The number of urea groups is 1. The first-order valence-corrected chi connectivity index (χ1v) is 9.34. The summed E-state index contributed by atoms with van der Waals surface area (Å²) in [5.74, 6) is 0.831. The van der Waals surface area contributed by atoms with Crippen molar-refractivity contribution in [3.8, 4) is 5.75 Å². The van der Waals surface area contributed by atoms with E-state index in [1.165, 1.54) is 12.8 Å². The number of para-hydroxylation sites is 1. The van der Waals surface area contributed by atoms with Crippen LogP contribution < -0.4 is 20.9 Å². The molecular weight excluding hydrogens is 346 g/mol. The molecule has 1 saturated carbocycles. The topological polar surface area (TPSA) is 92.6 Å². The lowest BCUT2D eigenvalue weighted by Gasteiger charge is -2.16. The summed E-state index contributed by atoms with van der Waals surface area (Å²) in [5.41, 5.74) is 4.73. The first-order valence-electron chi connectivity index (χ1n) is 9.34. The molecule has 27 heavy (non-hydrogen) atoms. The third-order valence-corrected chi connectivity index (χ3v) is 4.49. The van der Waals surface area contributed by atoms with Gasteiger partial charge in [-0.3, -0.25) is 10.2 Å². The maximum absolute atomic E-state index is 12.1. The highest BCUT2D eigenvalue weighted by molar-refractivity contribution is 5.92. The Labute approximate surface area is 158 Å². The van der Waals surface area contributed by atoms with Gasteiger partial charge in [-0.05, 0) is 37.1 Å². The molecule has 0 saturated heterocycles. The highest BCUT2D eigenvalue weighted by atomic mass is 16.5. The van der Waals surface area contributed by atoms with Crippen LogP contribution in [0.5, 0.6) is 5.75 Å². The summed E-state index contributed by atoms with van der Waals surface area (Å²) < 4.78 is 11.0. The first-order chi connectivity index (χ1) is 13.2. The number of nitrogens with one attached hydrogen (secondary N) is 3. The van der Waals surface area contributed by atoms with Gasteiger partial charge < -0.3 is 14.5 Å². The van der Waals surface area contributed by atoms with Crippen molar-refractivity contribution < 1.29 is 18.7 Å². The van der Waals surface area contributed by atoms with Gasteiger partial charge in [-0.2, -0.15) is 0 Å². The molecule has 3 N–H and O–H groups in total. The number of ether oxygens (including phenoxy) is 1. The van der Waals surface area contributed by atoms with E-state index < -0.39 is 11.9 Å². The maximum Gasteiger partial charge on any atom is 0.333 e. The zero-order valence-corrected chi connectivity index (χ0v) is 15.2. The Morgan fingerprint density at radius 3 is 2.44 bits per heavy atom. The second-order valence-electron chi connectivity index (χ2n) is 6.61. The number of hydrogen-bond donors (Lipinski definition) is 3. The van der Waals surface area contributed by atoms with Gasteiger partial charge in [0.15, 0.2) is 5.76 Å². The first kappa shape index (κ1) is 18.8. The lowest BCUT2D eigenvalue weighted by molar-refractivity contribution is 0.0903. The van der Waals surface area contributed by atoms with Gasteiger partial charge in [0.05, 0.1) is 0 Å². The van der Waals surface area contributed by atoms with Crippen LogP contribution in [0.2, 0.25) is 0 Å². The Morgan fingerprint density at radius 2 is 1.70 bits per heavy atom. The number of rotatable bonds is 5. The largest absolute Gasteiger partial charge is 0.486 e. The van der Waals surface area contributed by atoms with E-state index in [4.69, 9.17) is 9.15 Å². The number of carbonyl (C=O) groups excluding carboxylic acids is 2. The molecule has 1 aliphatic rings. The smallest absolute Gasteiger partial charge is 0.333 e. The Morgan fingerprint density at radius 1 is 0.963 bits per heavy atom. The molecule has 1 aromatic carbocycles. The molecule has 3 amide bonds. The van der Waals surface area contributed by atoms with Crippen molar-refractivity contribution in [2.75, 3.05) is 0 Å². The monoisotopic (exact) mass is 371 g/mol. The van der Waals surface area contributed by atoms with E-state index >= 15 is 0 Å². The highest BCUT2D eigenvalue weighted by Crippen LogP contribution is 2.17. The molecule has 0 unspecified atom stereocenters. The van der Waals surface area contributed by atoms with Crippen LogP contribution in [0.15, 0.2) is 46.9 Å². The third-order valence-electron chi connectivity index (χ3n) is 4.49. The highest BCUT2D eigenvalue weighted by Gasteiger charge is 2.16. The molecule has 1 aliphatic carbocycles. The molecule has 0 radical (unpaired) electrons. The summed E-state index contributed by atoms with van der Waals surface area (Å²) in [4.78, 5) is 24.0. The standard InChI is InChI=1S/C20H25N3O4/c24-19(22-23-20(25)21-15-8-4-1-2-5-9-15)18-13-12-17(27-18)14-26-16-10-6-3-7-11-16/h3,6-7,10-13,15H,1-2,4-5,8-9,14H2,(H,22,24)(H2,21,23,25). The molecular formula is C20H25N3O4. The predicted molar refractivity (Wildman–Crippen MR) is 100 cm³/mol. The Bertz CT molecular complexity index is 737. The van der Waals surface area contributed by atoms with Gasteiger partial charge in [0.1, 0.15) is 18.1 Å². The third kappa shape index (κ3) is 6.06. The van der Waals surface area contributed by atoms with Crippen molar-refractivity contribution in [3.63, 3.8) is 0 Å². The van der Waals surface area contributed by atoms with Crippen molar-refractivity contribution in [1.82, 2.24) is 16.2 Å². The molecule has 0 spiro atoms. The van der Waals surface area contributed by atoms with E-state index in [0.29, 0.717) is 5.76 Å². The van der Waals surface area contributed by atoms with Gasteiger partial charge in [-0.15, -0.1) is 0 Å². The number of furan rings is 1. The van der Waals surface area contributed by atoms with E-state index in [-0.39, 0.29) is 18.4 Å². The Balaban J connectivity index is 1.41. The lowest BCUT2D eigenvalue weighted by Crippen LogP contribution is -2.49. The molecule has 2 aromatic rings. The predicted octanol–water partition coefficient (Wildman–Crippen LogP) is 3.53. The average Bonchev–Trinajstić information content (AvgIpc) is 3.02. The average molecular weight is 371 g/mol. The Hall–Kier alpha value is -2.96. The van der Waals surface area contributed by atoms with Crippen LogP contribution in [-0.4, -0.2) is 18.0 Å². The van der Waals surface area contributed by atoms with Gasteiger partial charge in [0, 0.05) is 6.04 Å². The van der Waals surface area contributed by atoms with Gasteiger partial charge in [0.2, 0.25) is 0 Å². The minimum Gasteiger partial charge on any atom is -0.486 e. The van der Waals surface area contributed by atoms with Gasteiger partial charge in [-0.25, -0.2) is 10.2 Å². The van der Waals surface area contributed by atoms with Crippen molar-refractivity contribution >= 4 is 11.9 Å². The van der Waals surface area contributed by atoms with Crippen LogP contribution in [0.1, 0.15) is 54.8 Å². The van der Waals surface area contributed by atoms with E-state index in [1.807, 2.05) is 30.3 Å². The fourth-order valence-electron chi connectivity index (χ4n) is 3.07. The van der Waals surface area contributed by atoms with E-state index in [2.05, 4.69) is 16.2 Å². The molecule has 0 aliphatic heterocycles. The summed E-state index contributed by atoms with van der Waals surface area (Å²) in [6.45, 7) is 0.215. The van der Waals surface area contributed by atoms with E-state index in [1.54, 1.807) is 12.1 Å². The van der Waals surface area contributed by atoms with Gasteiger partial charge >= 0.3 is 11.9 Å². The summed E-state index contributed by atoms with van der Waals surface area (Å²) in [6, 6.07) is 12.3. The van der Waals surface area contributed by atoms with Gasteiger partial charge in [0.25, 0.3) is 0 Å². The van der Waals surface area contributed by atoms with Crippen LogP contribution in [0.25, 0.3) is 0 Å². The molecule has 7 heteroatoms. The molecule has 3 rings (SSSR count). The molecule has 7 nitrogen and oxygen atoms in total. The van der Waals surface area contributed by atoms with Crippen molar-refractivity contribution in [2.24, 2.45) is 0 Å². The molecule has 1 aromatic heterocycles. The number of hydrogen-bond acceptors (Lipinski definition) is 4. The molecule has 144 valence electrons. The molecule has 1 fully saturated rings. The maximum atomic E-state index is 12.1. The van der Waals surface area contributed by atoms with Crippen molar-refractivity contribution in [2.45, 2.75) is 51.2 Å². The molecule has 0 bridgehead atoms. The van der Waals surface area contributed by atoms with E-state index in [9.17, 15) is 9.59 Å². The van der Waals surface area contributed by atoms with Crippen molar-refractivity contribution in [1.29, 1.82) is 0 Å². The van der Waals surface area contributed by atoms with Crippen molar-refractivity contribution in [3.05, 3.63) is 54.0 Å². The summed E-state index contributed by atoms with van der Waals surface area (Å²) in [6.07, 6.45) is 6.63. The quantitative estimate of drug-likeness (QED) is 0.554. The number of carbonyl (C=O) groups is 2. The zero-order chi connectivity index (χ0) is 18.9. The van der Waals surface area contributed by atoms with E-state index in [0.717, 1.165) is 31.4 Å². The number of hydrazine groups is 1. The minimum absolute atomic E-state index is 0.108. The van der Waals surface area contributed by atoms with Crippen LogP contribution in [0.3, 0.4) is 0 Å². The van der Waals surface area contributed by atoms with Crippen LogP contribution in [-0.2, 0) is 6.61 Å². The van der Waals surface area contributed by atoms with Crippen LogP contribution in [0, 0.1) is 0 Å². The van der Waals surface area contributed by atoms with Gasteiger partial charge in [-0.1, -0.05) is 43.9 Å². The normalized spacial score (nSPS) is 14.8. The second-order valence-corrected chi connectivity index (χ2v) is 6.61. The molecule has 0 atom stereocenters. The number of amides is 3. The Kier molecular flexibility index (Phi) is 6.73. The lowest BCUT2D eigenvalue weighted by atomic mass is 10.1. The fourth-order valence-corrected chi connectivity index (χ4v) is 3.07. The summed E-state index contributed by atoms with van der Waals surface area (Å²) in [7, 11) is 0. The second kappa shape index (κ2) is 9.66. The fraction of sp³-hybridized carbons (Fsp3) is 0.400. The summed E-state index contributed by atoms with van der Waals surface area (Å²) in [5, 5.41) is 2.89. The molecule has 1 heterocycles. The van der Waals surface area contributed by atoms with Crippen LogP contribution in [0.4, 0.5) is 4.79 Å². The zero-order valence-electron chi connectivity index (χ0n) is 15.2. The summed E-state index contributed by atoms with van der Waals surface area (Å²) >= 11 is 0. The number of benzene rings is 1.